The molecule has 1 N–H and O–H groups in total. The lowest BCUT2D eigenvalue weighted by molar-refractivity contribution is 0.613. The first-order chi connectivity index (χ1) is 9.74. The molecule has 0 amide bonds. The van der Waals surface area contributed by atoms with Crippen molar-refractivity contribution in [2.45, 2.75) is 6.54 Å². The minimum atomic E-state index is -0.307. The van der Waals surface area contributed by atoms with Gasteiger partial charge in [0.25, 0.3) is 0 Å². The Morgan fingerprint density at radius 2 is 1.95 bits per heavy atom. The summed E-state index contributed by atoms with van der Waals surface area (Å²) in [7, 11) is 0. The standard InChI is InChI=1S/C16H12ClFN2/c17-14-5-3-6-15(18)13(14)10-19-12-8-11-4-1-2-7-16(11)20-9-12/h1-9,19H,10H2. The number of halogens is 2. The van der Waals surface area contributed by atoms with E-state index >= 15 is 0 Å². The monoisotopic (exact) mass is 286 g/mol. The second-order valence-corrected chi connectivity index (χ2v) is 4.88. The number of para-hydroxylation sites is 1. The molecule has 1 aromatic heterocycles. The number of aromatic nitrogens is 1. The Morgan fingerprint density at radius 3 is 2.80 bits per heavy atom. The molecule has 0 fully saturated rings. The van der Waals surface area contributed by atoms with Gasteiger partial charge in [0.1, 0.15) is 5.82 Å². The molecule has 3 rings (SSSR count). The fraction of sp³-hybridized carbons (Fsp3) is 0.0625. The topological polar surface area (TPSA) is 24.9 Å². The first-order valence-electron chi connectivity index (χ1n) is 6.25. The Labute approximate surface area is 121 Å². The molecule has 0 unspecified atom stereocenters. The SMILES string of the molecule is Fc1cccc(Cl)c1CNc1cnc2ccccc2c1. The van der Waals surface area contributed by atoms with Crippen molar-refractivity contribution in [1.29, 1.82) is 0 Å². The molecule has 2 nitrogen and oxygen atoms in total. The number of hydrogen-bond donors (Lipinski definition) is 1. The third-order valence-electron chi connectivity index (χ3n) is 3.12. The highest BCUT2D eigenvalue weighted by Crippen LogP contribution is 2.21. The summed E-state index contributed by atoms with van der Waals surface area (Å²) in [5.41, 5.74) is 2.23. The zero-order chi connectivity index (χ0) is 13.9. The average Bonchev–Trinajstić information content (AvgIpc) is 2.46. The summed E-state index contributed by atoms with van der Waals surface area (Å²) in [5.74, 6) is -0.307. The van der Waals surface area contributed by atoms with Crippen LogP contribution in [0.5, 0.6) is 0 Å². The molecule has 0 saturated carbocycles. The molecule has 3 aromatic rings. The van der Waals surface area contributed by atoms with Crippen LogP contribution < -0.4 is 5.32 Å². The maximum absolute atomic E-state index is 13.7. The molecule has 0 aliphatic rings. The van der Waals surface area contributed by atoms with Crippen molar-refractivity contribution < 1.29 is 4.39 Å². The Kier molecular flexibility index (Phi) is 3.52. The molecule has 20 heavy (non-hydrogen) atoms. The lowest BCUT2D eigenvalue weighted by atomic mass is 10.2. The molecular weight excluding hydrogens is 275 g/mol. The van der Waals surface area contributed by atoms with Gasteiger partial charge in [-0.1, -0.05) is 35.9 Å². The molecule has 2 aromatic carbocycles. The maximum atomic E-state index is 13.7. The summed E-state index contributed by atoms with van der Waals surface area (Å²) in [6, 6.07) is 14.5. The number of anilines is 1. The second-order valence-electron chi connectivity index (χ2n) is 4.47. The highest BCUT2D eigenvalue weighted by Gasteiger charge is 2.06. The van der Waals surface area contributed by atoms with Crippen LogP contribution in [0.2, 0.25) is 5.02 Å². The Balaban J connectivity index is 1.83. The number of benzene rings is 2. The summed E-state index contributed by atoms with van der Waals surface area (Å²) in [6.07, 6.45) is 1.73. The molecule has 0 aliphatic heterocycles. The van der Waals surface area contributed by atoms with Crippen molar-refractivity contribution >= 4 is 28.2 Å². The lowest BCUT2D eigenvalue weighted by Gasteiger charge is -2.09. The zero-order valence-corrected chi connectivity index (χ0v) is 11.4. The van der Waals surface area contributed by atoms with Crippen LogP contribution >= 0.6 is 11.6 Å². The molecule has 0 aliphatic carbocycles. The van der Waals surface area contributed by atoms with Gasteiger partial charge < -0.3 is 5.32 Å². The molecule has 100 valence electrons. The third kappa shape index (κ3) is 2.58. The molecular formula is C16H12ClFN2. The largest absolute Gasteiger partial charge is 0.380 e. The van der Waals surface area contributed by atoms with E-state index in [2.05, 4.69) is 10.3 Å². The van der Waals surface area contributed by atoms with Crippen molar-refractivity contribution in [2.75, 3.05) is 5.32 Å². The van der Waals surface area contributed by atoms with Crippen molar-refractivity contribution in [3.05, 3.63) is 71.1 Å². The van der Waals surface area contributed by atoms with Gasteiger partial charge in [-0.25, -0.2) is 4.39 Å². The second kappa shape index (κ2) is 5.47. The van der Waals surface area contributed by atoms with E-state index in [1.807, 2.05) is 30.3 Å². The minimum Gasteiger partial charge on any atom is -0.380 e. The predicted octanol–water partition coefficient (Wildman–Crippen LogP) is 4.64. The number of rotatable bonds is 3. The van der Waals surface area contributed by atoms with Gasteiger partial charge in [-0.05, 0) is 24.3 Å². The first-order valence-corrected chi connectivity index (χ1v) is 6.63. The zero-order valence-electron chi connectivity index (χ0n) is 10.6. The summed E-state index contributed by atoms with van der Waals surface area (Å²) in [6.45, 7) is 0.325. The molecule has 0 atom stereocenters. The maximum Gasteiger partial charge on any atom is 0.129 e. The molecule has 4 heteroatoms. The van der Waals surface area contributed by atoms with Crippen molar-refractivity contribution in [3.63, 3.8) is 0 Å². The van der Waals surface area contributed by atoms with Gasteiger partial charge in [0.05, 0.1) is 17.4 Å². The van der Waals surface area contributed by atoms with E-state index in [1.165, 1.54) is 6.07 Å². The Bertz CT molecular complexity index is 738. The van der Waals surface area contributed by atoms with Crippen LogP contribution in [0.4, 0.5) is 10.1 Å². The molecule has 0 spiro atoms. The van der Waals surface area contributed by atoms with Gasteiger partial charge in [-0.3, -0.25) is 4.98 Å². The Morgan fingerprint density at radius 1 is 1.10 bits per heavy atom. The highest BCUT2D eigenvalue weighted by atomic mass is 35.5. The summed E-state index contributed by atoms with van der Waals surface area (Å²) in [4.78, 5) is 4.35. The number of fused-ring (bicyclic) bond motifs is 1. The number of nitrogens with one attached hydrogen (secondary N) is 1. The van der Waals surface area contributed by atoms with Crippen molar-refractivity contribution in [2.24, 2.45) is 0 Å². The Hall–Kier alpha value is -2.13. The van der Waals surface area contributed by atoms with E-state index in [0.29, 0.717) is 17.1 Å². The number of nitrogens with zero attached hydrogens (tertiary/aromatic N) is 1. The van der Waals surface area contributed by atoms with Gasteiger partial charge in [0, 0.05) is 22.5 Å². The third-order valence-corrected chi connectivity index (χ3v) is 3.48. The van der Waals surface area contributed by atoms with Gasteiger partial charge in [0.2, 0.25) is 0 Å². The summed E-state index contributed by atoms with van der Waals surface area (Å²) in [5, 5.41) is 4.61. The van der Waals surface area contributed by atoms with Crippen LogP contribution in [0.15, 0.2) is 54.7 Å². The molecule has 0 bridgehead atoms. The lowest BCUT2D eigenvalue weighted by Crippen LogP contribution is -2.03. The molecule has 0 saturated heterocycles. The van der Waals surface area contributed by atoms with Crippen LogP contribution in [0.1, 0.15) is 5.56 Å². The van der Waals surface area contributed by atoms with Gasteiger partial charge in [-0.15, -0.1) is 0 Å². The smallest absolute Gasteiger partial charge is 0.129 e. The fourth-order valence-corrected chi connectivity index (χ4v) is 2.29. The number of pyridine rings is 1. The minimum absolute atomic E-state index is 0.307. The van der Waals surface area contributed by atoms with Gasteiger partial charge >= 0.3 is 0 Å². The number of hydrogen-bond acceptors (Lipinski definition) is 2. The van der Waals surface area contributed by atoms with E-state index in [-0.39, 0.29) is 5.82 Å². The summed E-state index contributed by atoms with van der Waals surface area (Å²) >= 11 is 6.00. The van der Waals surface area contributed by atoms with Crippen LogP contribution in [-0.4, -0.2) is 4.98 Å². The molecule has 1 heterocycles. The van der Waals surface area contributed by atoms with Crippen LogP contribution in [-0.2, 0) is 6.54 Å². The summed E-state index contributed by atoms with van der Waals surface area (Å²) < 4.78 is 13.7. The quantitative estimate of drug-likeness (QED) is 0.759. The van der Waals surface area contributed by atoms with Crippen LogP contribution in [0, 0.1) is 5.82 Å². The van der Waals surface area contributed by atoms with Crippen LogP contribution in [0.25, 0.3) is 10.9 Å². The van der Waals surface area contributed by atoms with Crippen LogP contribution in [0.3, 0.4) is 0 Å². The van der Waals surface area contributed by atoms with Gasteiger partial charge in [-0.2, -0.15) is 0 Å². The van der Waals surface area contributed by atoms with E-state index in [4.69, 9.17) is 11.6 Å². The fourth-order valence-electron chi connectivity index (χ4n) is 2.06. The van der Waals surface area contributed by atoms with Crippen molar-refractivity contribution in [3.8, 4) is 0 Å². The first kappa shape index (κ1) is 12.9. The van der Waals surface area contributed by atoms with Gasteiger partial charge in [0.15, 0.2) is 0 Å². The highest BCUT2D eigenvalue weighted by molar-refractivity contribution is 6.31. The van der Waals surface area contributed by atoms with E-state index in [1.54, 1.807) is 18.3 Å². The normalized spacial score (nSPS) is 10.7. The molecule has 0 radical (unpaired) electrons. The van der Waals surface area contributed by atoms with E-state index in [9.17, 15) is 4.39 Å². The van der Waals surface area contributed by atoms with E-state index in [0.717, 1.165) is 16.6 Å². The van der Waals surface area contributed by atoms with E-state index < -0.39 is 0 Å². The average molecular weight is 287 g/mol. The predicted molar refractivity (Wildman–Crippen MR) is 80.5 cm³/mol. The van der Waals surface area contributed by atoms with Crippen molar-refractivity contribution in [1.82, 2.24) is 4.98 Å².